The van der Waals surface area contributed by atoms with Crippen molar-refractivity contribution in [3.05, 3.63) is 54.1 Å². The summed E-state index contributed by atoms with van der Waals surface area (Å²) in [5.41, 5.74) is 2.22. The molecule has 1 N–H and O–H groups in total. The number of piperidine rings is 1. The predicted octanol–water partition coefficient (Wildman–Crippen LogP) is 3.74. The Morgan fingerprint density at radius 2 is 1.67 bits per heavy atom. The minimum atomic E-state index is 0.229. The summed E-state index contributed by atoms with van der Waals surface area (Å²) in [5.74, 6) is 1.92. The van der Waals surface area contributed by atoms with Crippen LogP contribution in [-0.2, 0) is 11.2 Å². The molecule has 1 saturated heterocycles. The molecule has 1 atom stereocenters. The molecule has 5 nitrogen and oxygen atoms in total. The number of nitrogens with one attached hydrogen (secondary N) is 1. The fourth-order valence-corrected chi connectivity index (χ4v) is 3.45. The summed E-state index contributed by atoms with van der Waals surface area (Å²) in [4.78, 5) is 14.6. The van der Waals surface area contributed by atoms with Gasteiger partial charge in [-0.2, -0.15) is 0 Å². The quantitative estimate of drug-likeness (QED) is 0.809. The third kappa shape index (κ3) is 5.39. The van der Waals surface area contributed by atoms with Crippen molar-refractivity contribution in [2.24, 2.45) is 0 Å². The number of benzene rings is 2. The molecule has 3 rings (SSSR count). The number of hydrogen-bond acceptors (Lipinski definition) is 4. The molecule has 1 aliphatic rings. The smallest absolute Gasteiger partial charge is 0.222 e. The molecule has 0 aromatic heterocycles. The third-order valence-corrected chi connectivity index (χ3v) is 5.02. The topological polar surface area (TPSA) is 50.8 Å². The number of hydrogen-bond donors (Lipinski definition) is 1. The molecule has 0 spiro atoms. The molecule has 27 heavy (non-hydrogen) atoms. The van der Waals surface area contributed by atoms with Crippen LogP contribution in [0.15, 0.2) is 48.5 Å². The second kappa shape index (κ2) is 9.31. The van der Waals surface area contributed by atoms with E-state index in [1.54, 1.807) is 14.2 Å². The van der Waals surface area contributed by atoms with E-state index in [2.05, 4.69) is 5.32 Å². The largest absolute Gasteiger partial charge is 0.497 e. The van der Waals surface area contributed by atoms with Gasteiger partial charge in [0.15, 0.2) is 0 Å². The van der Waals surface area contributed by atoms with Gasteiger partial charge in [0.1, 0.15) is 11.5 Å². The molecular weight excluding hydrogens is 340 g/mol. The molecule has 2 aromatic carbocycles. The molecular formula is C22H28N2O3. The maximum Gasteiger partial charge on any atom is 0.222 e. The lowest BCUT2D eigenvalue weighted by atomic mass is 10.0. The van der Waals surface area contributed by atoms with Crippen LogP contribution in [-0.4, -0.2) is 44.2 Å². The van der Waals surface area contributed by atoms with E-state index < -0.39 is 0 Å². The number of carbonyl (C=O) groups is 1. The van der Waals surface area contributed by atoms with Crippen molar-refractivity contribution in [2.75, 3.05) is 32.6 Å². The highest BCUT2D eigenvalue weighted by Crippen LogP contribution is 2.20. The van der Waals surface area contributed by atoms with Crippen LogP contribution in [0.3, 0.4) is 0 Å². The number of likely N-dealkylation sites (tertiary alicyclic amines) is 1. The number of carbonyl (C=O) groups excluding carboxylic acids is 1. The number of amides is 1. The van der Waals surface area contributed by atoms with E-state index in [4.69, 9.17) is 9.47 Å². The van der Waals surface area contributed by atoms with E-state index in [-0.39, 0.29) is 11.9 Å². The zero-order valence-electron chi connectivity index (χ0n) is 16.1. The Labute approximate surface area is 161 Å². The summed E-state index contributed by atoms with van der Waals surface area (Å²) in [6.45, 7) is 1.61. The zero-order chi connectivity index (χ0) is 19.1. The van der Waals surface area contributed by atoms with Crippen molar-refractivity contribution in [3.8, 4) is 11.5 Å². The van der Waals surface area contributed by atoms with Gasteiger partial charge in [0.25, 0.3) is 0 Å². The Kier molecular flexibility index (Phi) is 6.58. The van der Waals surface area contributed by atoms with Crippen LogP contribution in [0, 0.1) is 0 Å². The van der Waals surface area contributed by atoms with Crippen LogP contribution in [0.4, 0.5) is 5.69 Å². The monoisotopic (exact) mass is 368 g/mol. The minimum absolute atomic E-state index is 0.229. The molecule has 1 heterocycles. The van der Waals surface area contributed by atoms with Gasteiger partial charge in [0, 0.05) is 31.2 Å². The SMILES string of the molecule is COc1ccc(CCC(=O)N2CCC[C@H](Nc3ccc(OC)cc3)C2)cc1. The Balaban J connectivity index is 1.49. The van der Waals surface area contributed by atoms with Gasteiger partial charge in [0.05, 0.1) is 14.2 Å². The standard InChI is InChI=1S/C22H28N2O3/c1-26-20-10-5-17(6-11-20)7-14-22(25)24-15-3-4-19(16-24)23-18-8-12-21(27-2)13-9-18/h5-6,8-13,19,23H,3-4,7,14-16H2,1-2H3/t19-/m0/s1. The summed E-state index contributed by atoms with van der Waals surface area (Å²) in [6, 6.07) is 16.1. The van der Waals surface area contributed by atoms with Gasteiger partial charge in [-0.25, -0.2) is 0 Å². The molecule has 0 unspecified atom stereocenters. The van der Waals surface area contributed by atoms with Gasteiger partial charge >= 0.3 is 0 Å². The first-order valence-corrected chi connectivity index (χ1v) is 9.49. The molecule has 144 valence electrons. The first kappa shape index (κ1) is 19.1. The minimum Gasteiger partial charge on any atom is -0.497 e. The number of anilines is 1. The molecule has 1 aliphatic heterocycles. The van der Waals surface area contributed by atoms with Gasteiger partial charge < -0.3 is 19.7 Å². The van der Waals surface area contributed by atoms with Crippen LogP contribution >= 0.6 is 0 Å². The maximum atomic E-state index is 12.6. The second-order valence-electron chi connectivity index (χ2n) is 6.90. The summed E-state index contributed by atoms with van der Waals surface area (Å²) in [7, 11) is 3.32. The van der Waals surface area contributed by atoms with Gasteiger partial charge in [-0.1, -0.05) is 12.1 Å². The van der Waals surface area contributed by atoms with Gasteiger partial charge in [0.2, 0.25) is 5.91 Å². The highest BCUT2D eigenvalue weighted by molar-refractivity contribution is 5.76. The molecule has 0 bridgehead atoms. The van der Waals surface area contributed by atoms with Gasteiger partial charge in [-0.15, -0.1) is 0 Å². The van der Waals surface area contributed by atoms with Crippen LogP contribution in [0.1, 0.15) is 24.8 Å². The zero-order valence-corrected chi connectivity index (χ0v) is 16.1. The highest BCUT2D eigenvalue weighted by Gasteiger charge is 2.23. The van der Waals surface area contributed by atoms with Crippen molar-refractivity contribution in [1.29, 1.82) is 0 Å². The number of aryl methyl sites for hydroxylation is 1. The predicted molar refractivity (Wildman–Crippen MR) is 108 cm³/mol. The lowest BCUT2D eigenvalue weighted by Gasteiger charge is -2.34. The van der Waals surface area contributed by atoms with Gasteiger partial charge in [-0.05, 0) is 61.2 Å². The lowest BCUT2D eigenvalue weighted by molar-refractivity contribution is -0.132. The number of nitrogens with zero attached hydrogens (tertiary/aromatic N) is 1. The summed E-state index contributed by atoms with van der Waals surface area (Å²) in [6.07, 6.45) is 3.41. The van der Waals surface area contributed by atoms with Crippen molar-refractivity contribution >= 4 is 11.6 Å². The van der Waals surface area contributed by atoms with Crippen molar-refractivity contribution < 1.29 is 14.3 Å². The Bertz CT molecular complexity index is 728. The van der Waals surface area contributed by atoms with E-state index in [0.717, 1.165) is 55.1 Å². The van der Waals surface area contributed by atoms with E-state index in [0.29, 0.717) is 6.42 Å². The maximum absolute atomic E-state index is 12.6. The average Bonchev–Trinajstić information content (AvgIpc) is 2.73. The average molecular weight is 368 g/mol. The fraction of sp³-hybridized carbons (Fsp3) is 0.409. The summed E-state index contributed by atoms with van der Waals surface area (Å²) >= 11 is 0. The first-order valence-electron chi connectivity index (χ1n) is 9.49. The van der Waals surface area contributed by atoms with Gasteiger partial charge in [-0.3, -0.25) is 4.79 Å². The van der Waals surface area contributed by atoms with E-state index >= 15 is 0 Å². The molecule has 2 aromatic rings. The summed E-state index contributed by atoms with van der Waals surface area (Å²) < 4.78 is 10.4. The molecule has 0 radical (unpaired) electrons. The van der Waals surface area contributed by atoms with Crippen molar-refractivity contribution in [1.82, 2.24) is 4.90 Å². The highest BCUT2D eigenvalue weighted by atomic mass is 16.5. The molecule has 0 saturated carbocycles. The van der Waals surface area contributed by atoms with Crippen LogP contribution in [0.2, 0.25) is 0 Å². The molecule has 1 fully saturated rings. The number of methoxy groups -OCH3 is 2. The Morgan fingerprint density at radius 3 is 2.30 bits per heavy atom. The fourth-order valence-electron chi connectivity index (χ4n) is 3.45. The van der Waals surface area contributed by atoms with E-state index in [9.17, 15) is 4.79 Å². The molecule has 1 amide bonds. The lowest BCUT2D eigenvalue weighted by Crippen LogP contribution is -2.45. The van der Waals surface area contributed by atoms with Crippen molar-refractivity contribution in [3.63, 3.8) is 0 Å². The Hall–Kier alpha value is -2.69. The molecule has 0 aliphatic carbocycles. The normalized spacial score (nSPS) is 16.7. The number of rotatable bonds is 7. The molecule has 5 heteroatoms. The van der Waals surface area contributed by atoms with E-state index in [1.165, 1.54) is 0 Å². The number of ether oxygens (including phenoxy) is 2. The van der Waals surface area contributed by atoms with Crippen molar-refractivity contribution in [2.45, 2.75) is 31.7 Å². The third-order valence-electron chi connectivity index (χ3n) is 5.02. The first-order chi connectivity index (χ1) is 13.2. The van der Waals surface area contributed by atoms with Crippen LogP contribution < -0.4 is 14.8 Å². The summed E-state index contributed by atoms with van der Waals surface area (Å²) in [5, 5.41) is 3.54. The Morgan fingerprint density at radius 1 is 1.04 bits per heavy atom. The second-order valence-corrected chi connectivity index (χ2v) is 6.90. The van der Waals surface area contributed by atoms with Crippen LogP contribution in [0.25, 0.3) is 0 Å². The van der Waals surface area contributed by atoms with E-state index in [1.807, 2.05) is 53.4 Å². The van der Waals surface area contributed by atoms with Crippen LogP contribution in [0.5, 0.6) is 11.5 Å².